The van der Waals surface area contributed by atoms with Crippen molar-refractivity contribution in [2.75, 3.05) is 73.8 Å². The van der Waals surface area contributed by atoms with Crippen molar-refractivity contribution < 1.29 is 232 Å². The molecule has 486 valence electrons. The number of allylic oxidation sites excluding steroid dienone is 3. The first-order valence-electron chi connectivity index (χ1n) is 15.0. The highest BCUT2D eigenvalue weighted by Gasteiger charge is 2.70. The average Bonchev–Trinajstić information content (AvgIpc) is 3.25. The van der Waals surface area contributed by atoms with E-state index in [-0.39, 0.29) is 0 Å². The van der Waals surface area contributed by atoms with Crippen LogP contribution in [0, 0.1) is 0 Å². The van der Waals surface area contributed by atoms with E-state index >= 15 is 0 Å². The van der Waals surface area contributed by atoms with Crippen molar-refractivity contribution in [3.8, 4) is 0 Å². The number of rotatable bonds is 11. The summed E-state index contributed by atoms with van der Waals surface area (Å²) < 4.78 is 480. The van der Waals surface area contributed by atoms with E-state index in [1.165, 1.54) is 0 Å². The standard InChI is InChI=1S/3C3H2F4.C2H2F5NO4S.5C2H2F4O.3CH2F2/c3*4-1-2(5)3(6)7;3-1(4,5)2(6,11-7)13(9,10)12-8;5*3-2(4,5)1-7-6;3*2-1-3/h3*1H2;8H2;5*1H2;3*1H2. The van der Waals surface area contributed by atoms with Crippen LogP contribution in [0.5, 0.6) is 0 Å². The van der Waals surface area contributed by atoms with Crippen molar-refractivity contribution in [3.63, 3.8) is 0 Å². The Labute approximate surface area is 401 Å². The molecule has 0 aromatic rings. The van der Waals surface area contributed by atoms with Crippen LogP contribution < -0.4 is 5.90 Å². The molecule has 0 saturated carbocycles. The van der Waals surface area contributed by atoms with E-state index in [0.29, 0.717) is 0 Å². The summed E-state index contributed by atoms with van der Waals surface area (Å²) in [7, 11) is -6.08. The lowest BCUT2D eigenvalue weighted by Crippen LogP contribution is -2.50. The van der Waals surface area contributed by atoms with Crippen molar-refractivity contribution in [1.29, 1.82) is 0 Å². The van der Waals surface area contributed by atoms with Crippen LogP contribution in [0.3, 0.4) is 0 Å². The van der Waals surface area contributed by atoms with E-state index in [0.717, 1.165) is 0 Å². The maximum atomic E-state index is 12.3. The third-order valence-electron chi connectivity index (χ3n) is 2.94. The van der Waals surface area contributed by atoms with Crippen LogP contribution in [0.1, 0.15) is 0 Å². The highest BCUT2D eigenvalue weighted by Crippen LogP contribution is 2.40. The molecule has 0 bridgehead atoms. The van der Waals surface area contributed by atoms with Gasteiger partial charge in [0, 0.05) is 0 Å². The lowest BCUT2D eigenvalue weighted by Gasteiger charge is -2.20. The molecular weight excluding hydrogens is 1300 g/mol. The first-order valence-corrected chi connectivity index (χ1v) is 16.4. The lowest BCUT2D eigenvalue weighted by molar-refractivity contribution is -0.363. The summed E-state index contributed by atoms with van der Waals surface area (Å²) in [6, 6.07) is 0. The van der Waals surface area contributed by atoms with E-state index < -0.39 is 162 Å². The second-order valence-electron chi connectivity index (χ2n) is 8.70. The summed E-state index contributed by atoms with van der Waals surface area (Å²) in [5.41, 5.74) is 0. The number of hydrogen-bond donors (Lipinski definition) is 1. The van der Waals surface area contributed by atoms with Crippen LogP contribution in [-0.2, 0) is 44.1 Å². The molecule has 78 heavy (non-hydrogen) atoms. The number of hydrogen-bond acceptors (Lipinski definition) is 10. The second-order valence-corrected chi connectivity index (χ2v) is 10.3. The predicted octanol–water partition coefficient (Wildman–Crippen LogP) is 16.3. The second kappa shape index (κ2) is 59.0. The van der Waals surface area contributed by atoms with Gasteiger partial charge in [0.2, 0.25) is 20.8 Å². The van der Waals surface area contributed by atoms with E-state index in [1.54, 1.807) is 4.94 Å². The Balaban J connectivity index is -0.0000000621. The predicted molar refractivity (Wildman–Crippen MR) is 162 cm³/mol. The maximum absolute atomic E-state index is 12.3. The van der Waals surface area contributed by atoms with Crippen LogP contribution in [0.2, 0.25) is 0 Å². The molecule has 0 aliphatic heterocycles. The summed E-state index contributed by atoms with van der Waals surface area (Å²) in [5, 5.41) is -5.62. The van der Waals surface area contributed by atoms with Gasteiger partial charge in [0.25, 0.3) is 0 Å². The van der Waals surface area contributed by atoms with Crippen LogP contribution in [0.4, 0.5) is 190 Å². The molecule has 2 N–H and O–H groups in total. The molecule has 0 aromatic carbocycles. The van der Waals surface area contributed by atoms with Crippen LogP contribution in [0.25, 0.3) is 0 Å². The molecule has 54 heteroatoms. The SMILES string of the molecule is FCC(F)=C(F)F.FCC(F)=C(F)F.FCC(F)=C(F)F.FCF.FCF.FCF.FOCC(F)(F)F.FOCC(F)(F)F.FOCC(F)(F)F.FOCC(F)(F)F.FOCC(F)(F)F.NOS(=O)(=O)C(F)(OF)C(F)(F)F. The van der Waals surface area contributed by atoms with Gasteiger partial charge in [0.05, 0.1) is 0 Å². The van der Waals surface area contributed by atoms with Crippen molar-refractivity contribution in [3.05, 3.63) is 35.7 Å². The van der Waals surface area contributed by atoms with Gasteiger partial charge in [0.1, 0.15) is 20.0 Å². The first kappa shape index (κ1) is 102. The highest BCUT2D eigenvalue weighted by molar-refractivity contribution is 7.87. The minimum Gasteiger partial charge on any atom is -0.243 e. The molecule has 0 aliphatic rings. The molecule has 0 fully saturated rings. The fourth-order valence-corrected chi connectivity index (χ4v) is 1.23. The third kappa shape index (κ3) is 108. The summed E-state index contributed by atoms with van der Waals surface area (Å²) in [5.74, 6) is -2.17. The molecule has 0 aliphatic carbocycles. The van der Waals surface area contributed by atoms with Gasteiger partial charge in [-0.25, -0.2) is 52.7 Å². The molecule has 0 spiro atoms. The maximum Gasteiger partial charge on any atom is 0.470 e. The normalized spacial score (nSPS) is 11.4. The Bertz CT molecular complexity index is 1300. The Morgan fingerprint density at radius 1 is 0.333 bits per heavy atom. The van der Waals surface area contributed by atoms with E-state index in [2.05, 4.69) is 34.9 Å². The minimum atomic E-state index is -6.17. The molecular formula is C24H24F43NO9S. The minimum absolute atomic E-state index is 1.67. The first-order chi connectivity index (χ1) is 34.7. The van der Waals surface area contributed by atoms with Crippen LogP contribution in [-0.4, -0.2) is 125 Å². The average molecular weight is 1320 g/mol. The molecule has 0 rings (SSSR count). The van der Waals surface area contributed by atoms with Crippen molar-refractivity contribution in [2.45, 2.75) is 42.2 Å². The molecule has 0 heterocycles. The van der Waals surface area contributed by atoms with Gasteiger partial charge in [0.15, 0.2) is 50.5 Å². The van der Waals surface area contributed by atoms with E-state index in [4.69, 9.17) is 0 Å². The zero-order valence-corrected chi connectivity index (χ0v) is 36.0. The van der Waals surface area contributed by atoms with Crippen molar-refractivity contribution in [1.82, 2.24) is 0 Å². The summed E-state index contributed by atoms with van der Waals surface area (Å²) in [6.07, 6.45) is -36.6. The Hall–Kier alpha value is -4.16. The Kier molecular flexibility index (Phi) is 77.5. The lowest BCUT2D eigenvalue weighted by atomic mass is 10.6. The topological polar surface area (TPSA) is 125 Å². The molecule has 0 radical (unpaired) electrons. The number of nitrogens with two attached hydrogens (primary N) is 1. The summed E-state index contributed by atoms with van der Waals surface area (Å²) in [4.78, 5) is 13.1. The van der Waals surface area contributed by atoms with Gasteiger partial charge in [-0.05, 0) is 27.2 Å². The van der Waals surface area contributed by atoms with Gasteiger partial charge in [-0.1, -0.05) is 0 Å². The van der Waals surface area contributed by atoms with Gasteiger partial charge >= 0.3 is 70.6 Å². The highest BCUT2D eigenvalue weighted by atomic mass is 32.2. The fraction of sp³-hybridized carbons (Fsp3) is 0.750. The van der Waals surface area contributed by atoms with Gasteiger partial charge in [-0.2, -0.15) is 153 Å². The molecule has 1 atom stereocenters. The fourth-order valence-electron chi connectivity index (χ4n) is 0.747. The molecule has 0 amide bonds. The molecule has 0 saturated heterocycles. The van der Waals surface area contributed by atoms with Crippen molar-refractivity contribution >= 4 is 10.1 Å². The third-order valence-corrected chi connectivity index (χ3v) is 4.14. The van der Waals surface area contributed by atoms with Gasteiger partial charge in [-0.15, -0.1) is 4.94 Å². The van der Waals surface area contributed by atoms with Crippen molar-refractivity contribution in [2.24, 2.45) is 5.90 Å². The largest absolute Gasteiger partial charge is 0.470 e. The van der Waals surface area contributed by atoms with Crippen LogP contribution in [0.15, 0.2) is 35.7 Å². The zero-order valence-electron chi connectivity index (χ0n) is 35.2. The van der Waals surface area contributed by atoms with Gasteiger partial charge < -0.3 is 0 Å². The molecule has 10 nitrogen and oxygen atoms in total. The Morgan fingerprint density at radius 3 is 0.487 bits per heavy atom. The molecule has 1 unspecified atom stereocenters. The van der Waals surface area contributed by atoms with E-state index in [1.807, 2.05) is 0 Å². The number of alkyl halides is 28. The zero-order chi connectivity index (χ0) is 66.2. The smallest absolute Gasteiger partial charge is 0.243 e. The van der Waals surface area contributed by atoms with E-state index in [9.17, 15) is 198 Å². The summed E-state index contributed by atoms with van der Waals surface area (Å²) >= 11 is 0. The molecule has 0 aromatic heterocycles. The summed E-state index contributed by atoms with van der Waals surface area (Å²) in [6.45, 7) is -19.5. The Morgan fingerprint density at radius 2 is 0.474 bits per heavy atom. The monoisotopic (exact) mass is 1320 g/mol. The van der Waals surface area contributed by atoms with Gasteiger partial charge in [-0.3, -0.25) is 0 Å². The number of halogens is 43. The quantitative estimate of drug-likeness (QED) is 0.158. The van der Waals surface area contributed by atoms with Crippen LogP contribution >= 0.6 is 0 Å².